The number of nitrogens with one attached hydrogen (secondary N) is 2. The molecule has 0 heterocycles. The SMILES string of the molecule is Cc1ccc(CSC[C@H](NC(=O)OC(C)(C)C)C(=O)N[C@@H](C)C(=O)OCc2ccccc2)cc1. The van der Waals surface area contributed by atoms with Crippen LogP contribution in [0.3, 0.4) is 0 Å². The molecule has 0 saturated heterocycles. The van der Waals surface area contributed by atoms with Crippen LogP contribution in [-0.2, 0) is 31.4 Å². The van der Waals surface area contributed by atoms with Crippen molar-refractivity contribution in [3.8, 4) is 0 Å². The van der Waals surface area contributed by atoms with E-state index in [4.69, 9.17) is 9.47 Å². The molecule has 0 aliphatic carbocycles. The summed E-state index contributed by atoms with van der Waals surface area (Å²) in [4.78, 5) is 37.6. The number of thioether (sulfide) groups is 1. The minimum atomic E-state index is -0.880. The van der Waals surface area contributed by atoms with Crippen molar-refractivity contribution in [2.24, 2.45) is 0 Å². The van der Waals surface area contributed by atoms with Crippen molar-refractivity contribution in [3.05, 3.63) is 71.3 Å². The Hall–Kier alpha value is -3.00. The van der Waals surface area contributed by atoms with Crippen LogP contribution in [-0.4, -0.2) is 41.4 Å². The fraction of sp³-hybridized carbons (Fsp3) is 0.423. The lowest BCUT2D eigenvalue weighted by molar-refractivity contribution is -0.148. The quantitative estimate of drug-likeness (QED) is 0.485. The van der Waals surface area contributed by atoms with Gasteiger partial charge >= 0.3 is 12.1 Å². The third-order valence-corrected chi connectivity index (χ3v) is 5.72. The number of aryl methyl sites for hydroxylation is 1. The maximum atomic E-state index is 12.9. The number of ether oxygens (including phenoxy) is 2. The number of carbonyl (C=O) groups is 3. The van der Waals surface area contributed by atoms with Crippen molar-refractivity contribution in [2.45, 2.75) is 64.7 Å². The van der Waals surface area contributed by atoms with Gasteiger partial charge < -0.3 is 20.1 Å². The van der Waals surface area contributed by atoms with E-state index in [2.05, 4.69) is 10.6 Å². The second kappa shape index (κ2) is 13.0. The second-order valence-electron chi connectivity index (χ2n) is 9.02. The summed E-state index contributed by atoms with van der Waals surface area (Å²) in [6, 6.07) is 15.7. The van der Waals surface area contributed by atoms with Crippen molar-refractivity contribution >= 4 is 29.7 Å². The molecule has 2 rings (SSSR count). The Balaban J connectivity index is 1.94. The minimum absolute atomic E-state index is 0.117. The molecule has 2 amide bonds. The second-order valence-corrected chi connectivity index (χ2v) is 10.1. The molecule has 0 saturated carbocycles. The maximum Gasteiger partial charge on any atom is 0.408 e. The zero-order valence-electron chi connectivity index (χ0n) is 20.4. The number of alkyl carbamates (subject to hydrolysis) is 1. The average molecular weight is 487 g/mol. The van der Waals surface area contributed by atoms with Gasteiger partial charge in [-0.2, -0.15) is 11.8 Å². The molecular weight excluding hydrogens is 452 g/mol. The summed E-state index contributed by atoms with van der Waals surface area (Å²) in [5, 5.41) is 5.27. The van der Waals surface area contributed by atoms with Gasteiger partial charge in [0.25, 0.3) is 0 Å². The Morgan fingerprint density at radius 2 is 1.59 bits per heavy atom. The molecule has 0 aliphatic rings. The van der Waals surface area contributed by atoms with Crippen LogP contribution in [0.15, 0.2) is 54.6 Å². The van der Waals surface area contributed by atoms with E-state index in [0.717, 1.165) is 11.1 Å². The van der Waals surface area contributed by atoms with E-state index in [1.807, 2.05) is 61.5 Å². The zero-order valence-corrected chi connectivity index (χ0v) is 21.2. The van der Waals surface area contributed by atoms with Crippen LogP contribution >= 0.6 is 11.8 Å². The monoisotopic (exact) mass is 486 g/mol. The third kappa shape index (κ3) is 10.3. The van der Waals surface area contributed by atoms with Gasteiger partial charge in [-0.3, -0.25) is 4.79 Å². The van der Waals surface area contributed by atoms with Crippen LogP contribution in [0, 0.1) is 6.92 Å². The maximum absolute atomic E-state index is 12.9. The van der Waals surface area contributed by atoms with E-state index < -0.39 is 35.7 Å². The molecule has 2 atom stereocenters. The fourth-order valence-electron chi connectivity index (χ4n) is 2.84. The van der Waals surface area contributed by atoms with Gasteiger partial charge in [0.1, 0.15) is 24.3 Å². The normalized spacial score (nSPS) is 12.9. The molecule has 0 unspecified atom stereocenters. The number of hydrogen-bond donors (Lipinski definition) is 2. The number of hydrogen-bond acceptors (Lipinski definition) is 6. The van der Waals surface area contributed by atoms with E-state index in [9.17, 15) is 14.4 Å². The number of benzene rings is 2. The molecule has 0 aliphatic heterocycles. The van der Waals surface area contributed by atoms with E-state index in [0.29, 0.717) is 11.5 Å². The summed E-state index contributed by atoms with van der Waals surface area (Å²) in [6.07, 6.45) is -0.692. The van der Waals surface area contributed by atoms with Crippen molar-refractivity contribution in [2.75, 3.05) is 5.75 Å². The van der Waals surface area contributed by atoms with Gasteiger partial charge in [-0.1, -0.05) is 60.2 Å². The van der Waals surface area contributed by atoms with Crippen molar-refractivity contribution < 1.29 is 23.9 Å². The van der Waals surface area contributed by atoms with Crippen molar-refractivity contribution in [3.63, 3.8) is 0 Å². The Morgan fingerprint density at radius 3 is 2.21 bits per heavy atom. The highest BCUT2D eigenvalue weighted by molar-refractivity contribution is 7.98. The smallest absolute Gasteiger partial charge is 0.408 e. The first-order chi connectivity index (χ1) is 16.0. The van der Waals surface area contributed by atoms with Crippen LogP contribution in [0.25, 0.3) is 0 Å². The molecule has 184 valence electrons. The first kappa shape index (κ1) is 27.2. The molecule has 0 aromatic heterocycles. The molecule has 2 aromatic rings. The lowest BCUT2D eigenvalue weighted by Gasteiger charge is -2.24. The lowest BCUT2D eigenvalue weighted by Crippen LogP contribution is -2.53. The Kier molecular flexibility index (Phi) is 10.4. The van der Waals surface area contributed by atoms with Crippen LogP contribution < -0.4 is 10.6 Å². The van der Waals surface area contributed by atoms with Gasteiger partial charge in [-0.15, -0.1) is 0 Å². The van der Waals surface area contributed by atoms with Crippen LogP contribution in [0.2, 0.25) is 0 Å². The van der Waals surface area contributed by atoms with Crippen molar-refractivity contribution in [1.29, 1.82) is 0 Å². The molecule has 8 heteroatoms. The lowest BCUT2D eigenvalue weighted by atomic mass is 10.2. The largest absolute Gasteiger partial charge is 0.459 e. The van der Waals surface area contributed by atoms with E-state index in [1.165, 1.54) is 17.3 Å². The molecule has 0 spiro atoms. The number of amides is 2. The standard InChI is InChI=1S/C26H34N2O5S/c1-18-11-13-21(14-12-18)16-34-17-22(28-25(31)33-26(3,4)5)23(29)27-19(2)24(30)32-15-20-9-7-6-8-10-20/h6-14,19,22H,15-17H2,1-5H3,(H,27,29)(H,28,31)/t19-,22-/m0/s1. The first-order valence-electron chi connectivity index (χ1n) is 11.2. The van der Waals surface area contributed by atoms with Crippen LogP contribution in [0.1, 0.15) is 44.4 Å². The molecule has 7 nitrogen and oxygen atoms in total. The van der Waals surface area contributed by atoms with Gasteiger partial charge in [0.05, 0.1) is 0 Å². The van der Waals surface area contributed by atoms with E-state index in [1.54, 1.807) is 27.7 Å². The summed E-state index contributed by atoms with van der Waals surface area (Å²) in [7, 11) is 0. The first-order valence-corrected chi connectivity index (χ1v) is 12.3. The average Bonchev–Trinajstić information content (AvgIpc) is 2.77. The number of esters is 1. The highest BCUT2D eigenvalue weighted by atomic mass is 32.2. The molecule has 0 bridgehead atoms. The highest BCUT2D eigenvalue weighted by Gasteiger charge is 2.27. The summed E-state index contributed by atoms with van der Waals surface area (Å²) in [5.41, 5.74) is 2.44. The minimum Gasteiger partial charge on any atom is -0.459 e. The Morgan fingerprint density at radius 1 is 0.941 bits per heavy atom. The van der Waals surface area contributed by atoms with Crippen molar-refractivity contribution in [1.82, 2.24) is 10.6 Å². The Bertz CT molecular complexity index is 942. The highest BCUT2D eigenvalue weighted by Crippen LogP contribution is 2.15. The van der Waals surface area contributed by atoms with Gasteiger partial charge in [-0.05, 0) is 45.7 Å². The zero-order chi connectivity index (χ0) is 25.1. The number of rotatable bonds is 10. The van der Waals surface area contributed by atoms with Gasteiger partial charge in [0.2, 0.25) is 5.91 Å². The molecule has 0 radical (unpaired) electrons. The fourth-order valence-corrected chi connectivity index (χ4v) is 3.85. The van der Waals surface area contributed by atoms with Gasteiger partial charge in [0, 0.05) is 11.5 Å². The molecular formula is C26H34N2O5S. The molecule has 2 N–H and O–H groups in total. The molecule has 34 heavy (non-hydrogen) atoms. The molecule has 2 aromatic carbocycles. The Labute approximate surface area is 206 Å². The van der Waals surface area contributed by atoms with E-state index in [-0.39, 0.29) is 6.61 Å². The predicted molar refractivity (Wildman–Crippen MR) is 134 cm³/mol. The number of carbonyl (C=O) groups excluding carboxylic acids is 3. The summed E-state index contributed by atoms with van der Waals surface area (Å²) in [6.45, 7) is 8.94. The van der Waals surface area contributed by atoms with Crippen LogP contribution in [0.4, 0.5) is 4.79 Å². The van der Waals surface area contributed by atoms with Crippen LogP contribution in [0.5, 0.6) is 0 Å². The third-order valence-electron chi connectivity index (χ3n) is 4.62. The summed E-state index contributed by atoms with van der Waals surface area (Å²) in [5.74, 6) is -0.0496. The predicted octanol–water partition coefficient (Wildman–Crippen LogP) is 4.37. The summed E-state index contributed by atoms with van der Waals surface area (Å²) < 4.78 is 10.6. The van der Waals surface area contributed by atoms with E-state index >= 15 is 0 Å². The molecule has 0 fully saturated rings. The summed E-state index contributed by atoms with van der Waals surface area (Å²) >= 11 is 1.50. The van der Waals surface area contributed by atoms with Gasteiger partial charge in [0.15, 0.2) is 0 Å². The van der Waals surface area contributed by atoms with Gasteiger partial charge in [-0.25, -0.2) is 9.59 Å². The topological polar surface area (TPSA) is 93.7 Å².